The quantitative estimate of drug-likeness (QED) is 0.380. The number of rotatable bonds is 14. The van der Waals surface area contributed by atoms with Crippen molar-refractivity contribution in [1.29, 1.82) is 0 Å². The number of hydrogen-bond acceptors (Lipinski definition) is 5. The molecule has 1 aromatic heterocycles. The number of methoxy groups -OCH3 is 1. The minimum absolute atomic E-state index is 0.226. The Balaban J connectivity index is 1.52. The van der Waals surface area contributed by atoms with Crippen LogP contribution in [0.2, 0.25) is 0 Å². The Morgan fingerprint density at radius 3 is 2.58 bits per heavy atom. The minimum atomic E-state index is 0.226. The smallest absolute Gasteiger partial charge is 0.220 e. The summed E-state index contributed by atoms with van der Waals surface area (Å²) in [6, 6.07) is 1.91. The Morgan fingerprint density at radius 1 is 1.16 bits per heavy atom. The zero-order valence-electron chi connectivity index (χ0n) is 20.1. The van der Waals surface area contributed by atoms with Crippen molar-refractivity contribution in [3.8, 4) is 5.75 Å². The van der Waals surface area contributed by atoms with Crippen molar-refractivity contribution < 1.29 is 9.53 Å². The lowest BCUT2D eigenvalue weighted by Gasteiger charge is -2.28. The van der Waals surface area contributed by atoms with E-state index in [1.807, 2.05) is 6.07 Å². The highest BCUT2D eigenvalue weighted by atomic mass is 16.5. The molecule has 1 aromatic rings. The highest BCUT2D eigenvalue weighted by Gasteiger charge is 2.21. The highest BCUT2D eigenvalue weighted by Crippen LogP contribution is 2.30. The summed E-state index contributed by atoms with van der Waals surface area (Å²) in [5.74, 6) is 4.14. The molecule has 0 spiro atoms. The minimum Gasteiger partial charge on any atom is -0.496 e. The van der Waals surface area contributed by atoms with Crippen LogP contribution in [0, 0.1) is 17.8 Å². The lowest BCUT2D eigenvalue weighted by Crippen LogP contribution is -2.32. The molecule has 0 aliphatic heterocycles. The number of nitrogens with one attached hydrogen (secondary N) is 3. The van der Waals surface area contributed by atoms with E-state index >= 15 is 0 Å². The molecule has 1 aliphatic carbocycles. The molecule has 176 valence electrons. The molecule has 0 bridgehead atoms. The SMILES string of the molecule is CCc1c(OC)ccnc1NCCNCCC1CCC(CNC(=O)CCC(C)C)CC1. The monoisotopic (exact) mass is 432 g/mol. The van der Waals surface area contributed by atoms with E-state index < -0.39 is 0 Å². The van der Waals surface area contributed by atoms with Crippen molar-refractivity contribution in [3.05, 3.63) is 17.8 Å². The molecule has 1 aliphatic rings. The number of pyridine rings is 1. The lowest BCUT2D eigenvalue weighted by molar-refractivity contribution is -0.121. The fourth-order valence-corrected chi connectivity index (χ4v) is 4.35. The maximum atomic E-state index is 11.9. The van der Waals surface area contributed by atoms with E-state index in [4.69, 9.17) is 4.74 Å². The van der Waals surface area contributed by atoms with Crippen molar-refractivity contribution in [3.63, 3.8) is 0 Å². The molecule has 1 amide bonds. The summed E-state index contributed by atoms with van der Waals surface area (Å²) in [6.45, 7) is 10.2. The second-order valence-electron chi connectivity index (χ2n) is 9.28. The van der Waals surface area contributed by atoms with Gasteiger partial charge in [0.25, 0.3) is 0 Å². The van der Waals surface area contributed by atoms with Crippen molar-refractivity contribution in [2.24, 2.45) is 17.8 Å². The van der Waals surface area contributed by atoms with Gasteiger partial charge in [-0.2, -0.15) is 0 Å². The predicted molar refractivity (Wildman–Crippen MR) is 129 cm³/mol. The first-order chi connectivity index (χ1) is 15.0. The fourth-order valence-electron chi connectivity index (χ4n) is 4.35. The Morgan fingerprint density at radius 2 is 1.90 bits per heavy atom. The second kappa shape index (κ2) is 14.3. The largest absolute Gasteiger partial charge is 0.496 e. The van der Waals surface area contributed by atoms with Crippen LogP contribution in [0.15, 0.2) is 12.3 Å². The molecule has 0 atom stereocenters. The van der Waals surface area contributed by atoms with Gasteiger partial charge in [-0.1, -0.05) is 33.6 Å². The number of ether oxygens (including phenoxy) is 1. The third-order valence-electron chi connectivity index (χ3n) is 6.41. The van der Waals surface area contributed by atoms with E-state index in [1.54, 1.807) is 13.3 Å². The van der Waals surface area contributed by atoms with Gasteiger partial charge in [-0.05, 0) is 62.5 Å². The molecule has 3 N–H and O–H groups in total. The molecular formula is C25H44N4O2. The average molecular weight is 433 g/mol. The molecule has 0 radical (unpaired) electrons. The van der Waals surface area contributed by atoms with E-state index in [2.05, 4.69) is 41.7 Å². The summed E-state index contributed by atoms with van der Waals surface area (Å²) in [5, 5.41) is 10.1. The van der Waals surface area contributed by atoms with E-state index in [-0.39, 0.29) is 5.91 Å². The van der Waals surface area contributed by atoms with E-state index in [9.17, 15) is 4.79 Å². The Labute approximate surface area is 189 Å². The van der Waals surface area contributed by atoms with E-state index in [0.29, 0.717) is 18.3 Å². The molecule has 0 aromatic carbocycles. The second-order valence-corrected chi connectivity index (χ2v) is 9.28. The van der Waals surface area contributed by atoms with Crippen LogP contribution in [0.1, 0.15) is 71.3 Å². The predicted octanol–water partition coefficient (Wildman–Crippen LogP) is 4.40. The van der Waals surface area contributed by atoms with Gasteiger partial charge in [-0.15, -0.1) is 0 Å². The Hall–Kier alpha value is -1.82. The first-order valence-electron chi connectivity index (χ1n) is 12.3. The van der Waals surface area contributed by atoms with Crippen LogP contribution >= 0.6 is 0 Å². The summed E-state index contributed by atoms with van der Waals surface area (Å²) in [6.07, 6.45) is 10.7. The zero-order valence-corrected chi connectivity index (χ0v) is 20.1. The molecular weight excluding hydrogens is 388 g/mol. The summed E-state index contributed by atoms with van der Waals surface area (Å²) in [5.41, 5.74) is 1.14. The van der Waals surface area contributed by atoms with Crippen LogP contribution in [0.3, 0.4) is 0 Å². The van der Waals surface area contributed by atoms with Crippen molar-refractivity contribution >= 4 is 11.7 Å². The first kappa shape index (κ1) is 25.4. The summed E-state index contributed by atoms with van der Waals surface area (Å²) >= 11 is 0. The van der Waals surface area contributed by atoms with E-state index in [0.717, 1.165) is 62.1 Å². The molecule has 2 rings (SSSR count). The molecule has 6 nitrogen and oxygen atoms in total. The molecule has 1 saturated carbocycles. The van der Waals surface area contributed by atoms with Gasteiger partial charge in [0.05, 0.1) is 7.11 Å². The van der Waals surface area contributed by atoms with Gasteiger partial charge in [0.1, 0.15) is 11.6 Å². The molecule has 1 heterocycles. The molecule has 1 fully saturated rings. The number of carbonyl (C=O) groups excluding carboxylic acids is 1. The van der Waals surface area contributed by atoms with Gasteiger partial charge in [-0.3, -0.25) is 4.79 Å². The topological polar surface area (TPSA) is 75.3 Å². The van der Waals surface area contributed by atoms with Gasteiger partial charge in [0, 0.05) is 37.8 Å². The third-order valence-corrected chi connectivity index (χ3v) is 6.41. The first-order valence-corrected chi connectivity index (χ1v) is 12.3. The number of anilines is 1. The molecule has 0 unspecified atom stereocenters. The molecule has 0 saturated heterocycles. The maximum absolute atomic E-state index is 11.9. The lowest BCUT2D eigenvalue weighted by atomic mass is 9.80. The third kappa shape index (κ3) is 9.46. The van der Waals surface area contributed by atoms with Crippen molar-refractivity contribution in [2.75, 3.05) is 38.6 Å². The van der Waals surface area contributed by atoms with Gasteiger partial charge in [0.15, 0.2) is 0 Å². The van der Waals surface area contributed by atoms with Crippen LogP contribution < -0.4 is 20.7 Å². The van der Waals surface area contributed by atoms with Gasteiger partial charge in [0.2, 0.25) is 5.91 Å². The van der Waals surface area contributed by atoms with E-state index in [1.165, 1.54) is 32.1 Å². The van der Waals surface area contributed by atoms with Crippen LogP contribution in [-0.4, -0.2) is 44.2 Å². The van der Waals surface area contributed by atoms with Crippen LogP contribution in [-0.2, 0) is 11.2 Å². The standard InChI is InChI=1S/C25H44N4O2/c1-5-22-23(31-4)13-15-27-25(22)28-17-16-26-14-12-20-7-9-21(10-8-20)18-29-24(30)11-6-19(2)3/h13,15,19-21,26H,5-12,14,16-18H2,1-4H3,(H,27,28)(H,29,30). The summed E-state index contributed by atoms with van der Waals surface area (Å²) in [4.78, 5) is 16.4. The summed E-state index contributed by atoms with van der Waals surface area (Å²) < 4.78 is 5.43. The van der Waals surface area contributed by atoms with Crippen molar-refractivity contribution in [1.82, 2.24) is 15.6 Å². The number of carbonyl (C=O) groups is 1. The number of hydrogen-bond donors (Lipinski definition) is 3. The highest BCUT2D eigenvalue weighted by molar-refractivity contribution is 5.75. The van der Waals surface area contributed by atoms with Crippen molar-refractivity contribution in [2.45, 2.75) is 72.1 Å². The van der Waals surface area contributed by atoms with Gasteiger partial charge >= 0.3 is 0 Å². The Kier molecular flexibility index (Phi) is 11.7. The summed E-state index contributed by atoms with van der Waals surface area (Å²) in [7, 11) is 1.71. The van der Waals surface area contributed by atoms with Crippen LogP contribution in [0.25, 0.3) is 0 Å². The normalized spacial score (nSPS) is 18.7. The van der Waals surface area contributed by atoms with Crippen LogP contribution in [0.5, 0.6) is 5.75 Å². The molecule has 31 heavy (non-hydrogen) atoms. The van der Waals surface area contributed by atoms with Crippen LogP contribution in [0.4, 0.5) is 5.82 Å². The Bertz CT molecular complexity index is 642. The maximum Gasteiger partial charge on any atom is 0.220 e. The number of aromatic nitrogens is 1. The fraction of sp³-hybridized carbons (Fsp3) is 0.760. The van der Waals surface area contributed by atoms with Gasteiger partial charge < -0.3 is 20.7 Å². The zero-order chi connectivity index (χ0) is 22.5. The number of amides is 1. The molecule has 6 heteroatoms. The number of nitrogens with zero attached hydrogens (tertiary/aromatic N) is 1. The van der Waals surface area contributed by atoms with Gasteiger partial charge in [-0.25, -0.2) is 4.98 Å². The average Bonchev–Trinajstić information content (AvgIpc) is 2.78.